The van der Waals surface area contributed by atoms with Gasteiger partial charge in [-0.05, 0) is 18.2 Å². The minimum atomic E-state index is -0.191. The van der Waals surface area contributed by atoms with Gasteiger partial charge in [-0.2, -0.15) is 5.10 Å². The standard InChI is InChI=1S/C21H20N4O3/c26-18-6-5-14-20(27)19(11-17-13-3-1-2-4-16(13)23-24-17)28-21(14)15(18)12-25-9-7-22-8-10-25/h1-6,11,22,26H,7-10,12H2,(H,23,24). The summed E-state index contributed by atoms with van der Waals surface area (Å²) in [6, 6.07) is 10.9. The maximum absolute atomic E-state index is 12.9. The average Bonchev–Trinajstić information content (AvgIpc) is 3.27. The van der Waals surface area contributed by atoms with Gasteiger partial charge < -0.3 is 15.2 Å². The Balaban J connectivity index is 1.50. The quantitative estimate of drug-likeness (QED) is 0.608. The summed E-state index contributed by atoms with van der Waals surface area (Å²) < 4.78 is 5.95. The molecule has 0 saturated carbocycles. The van der Waals surface area contributed by atoms with E-state index in [2.05, 4.69) is 20.4 Å². The van der Waals surface area contributed by atoms with Crippen LogP contribution in [0.25, 0.3) is 17.0 Å². The summed E-state index contributed by atoms with van der Waals surface area (Å²) in [6.07, 6.45) is 1.66. The number of hydrogen-bond donors (Lipinski definition) is 3. The van der Waals surface area contributed by atoms with Crippen LogP contribution in [0.1, 0.15) is 21.6 Å². The number of phenolic OH excluding ortho intramolecular Hbond substituents is 1. The Bertz CT molecular complexity index is 1100. The van der Waals surface area contributed by atoms with E-state index in [1.165, 1.54) is 0 Å². The smallest absolute Gasteiger partial charge is 0.232 e. The van der Waals surface area contributed by atoms with E-state index in [4.69, 9.17) is 4.74 Å². The van der Waals surface area contributed by atoms with Gasteiger partial charge in [0.25, 0.3) is 0 Å². The van der Waals surface area contributed by atoms with Crippen LogP contribution in [0.4, 0.5) is 0 Å². The molecule has 3 aromatic rings. The molecule has 0 unspecified atom stereocenters. The number of allylic oxidation sites excluding steroid dienone is 1. The fraction of sp³-hybridized carbons (Fsp3) is 0.238. The monoisotopic (exact) mass is 376 g/mol. The minimum absolute atomic E-state index is 0.150. The van der Waals surface area contributed by atoms with Crippen LogP contribution in [0.3, 0.4) is 0 Å². The number of phenols is 1. The average molecular weight is 376 g/mol. The summed E-state index contributed by atoms with van der Waals surface area (Å²) >= 11 is 0. The highest BCUT2D eigenvalue weighted by Gasteiger charge is 2.32. The zero-order valence-electron chi connectivity index (χ0n) is 15.2. The second-order valence-electron chi connectivity index (χ2n) is 7.06. The molecule has 5 rings (SSSR count). The lowest BCUT2D eigenvalue weighted by Crippen LogP contribution is -2.42. The van der Waals surface area contributed by atoms with Crippen molar-refractivity contribution in [2.24, 2.45) is 0 Å². The number of aromatic hydroxyl groups is 1. The zero-order valence-corrected chi connectivity index (χ0v) is 15.2. The van der Waals surface area contributed by atoms with Crippen molar-refractivity contribution in [3.05, 3.63) is 59.0 Å². The fourth-order valence-electron chi connectivity index (χ4n) is 3.76. The van der Waals surface area contributed by atoms with Crippen molar-refractivity contribution < 1.29 is 14.6 Å². The molecular formula is C21H20N4O3. The first-order valence-corrected chi connectivity index (χ1v) is 9.36. The number of H-pyrrole nitrogens is 1. The highest BCUT2D eigenvalue weighted by molar-refractivity contribution is 6.15. The Morgan fingerprint density at radius 3 is 2.86 bits per heavy atom. The number of carbonyl (C=O) groups excluding carboxylic acids is 1. The van der Waals surface area contributed by atoms with Gasteiger partial charge in [0.15, 0.2) is 5.76 Å². The number of nitrogens with zero attached hydrogens (tertiary/aromatic N) is 2. The van der Waals surface area contributed by atoms with Crippen molar-refractivity contribution in [1.82, 2.24) is 20.4 Å². The molecule has 28 heavy (non-hydrogen) atoms. The van der Waals surface area contributed by atoms with E-state index in [9.17, 15) is 9.90 Å². The van der Waals surface area contributed by atoms with Crippen molar-refractivity contribution in [3.63, 3.8) is 0 Å². The van der Waals surface area contributed by atoms with Crippen LogP contribution >= 0.6 is 0 Å². The number of para-hydroxylation sites is 1. The molecule has 7 nitrogen and oxygen atoms in total. The first-order chi connectivity index (χ1) is 13.7. The van der Waals surface area contributed by atoms with Gasteiger partial charge in [-0.15, -0.1) is 0 Å². The van der Waals surface area contributed by atoms with Crippen LogP contribution in [0.2, 0.25) is 0 Å². The second-order valence-corrected chi connectivity index (χ2v) is 7.06. The molecule has 7 heteroatoms. The number of ether oxygens (including phenoxy) is 1. The number of carbonyl (C=O) groups is 1. The number of fused-ring (bicyclic) bond motifs is 2. The topological polar surface area (TPSA) is 90.5 Å². The van der Waals surface area contributed by atoms with Gasteiger partial charge in [0.2, 0.25) is 5.78 Å². The number of benzene rings is 2. The normalized spacial score (nSPS) is 18.6. The van der Waals surface area contributed by atoms with E-state index >= 15 is 0 Å². The predicted octanol–water partition coefficient (Wildman–Crippen LogP) is 2.29. The third kappa shape index (κ3) is 2.85. The Morgan fingerprint density at radius 1 is 1.18 bits per heavy atom. The summed E-state index contributed by atoms with van der Waals surface area (Å²) in [5, 5.41) is 21.9. The third-order valence-electron chi connectivity index (χ3n) is 5.28. The summed E-state index contributed by atoms with van der Waals surface area (Å²) in [7, 11) is 0. The largest absolute Gasteiger partial charge is 0.507 e. The summed E-state index contributed by atoms with van der Waals surface area (Å²) in [5.41, 5.74) is 2.69. The zero-order chi connectivity index (χ0) is 19.1. The molecule has 0 bridgehead atoms. The van der Waals surface area contributed by atoms with Gasteiger partial charge in [-0.3, -0.25) is 14.8 Å². The number of Topliss-reactive ketones (excluding diaryl/α,β-unsaturated/α-hetero) is 1. The number of rotatable bonds is 3. The van der Waals surface area contributed by atoms with Gasteiger partial charge in [-0.1, -0.05) is 18.2 Å². The molecule has 2 aromatic carbocycles. The first kappa shape index (κ1) is 17.0. The third-order valence-corrected chi connectivity index (χ3v) is 5.28. The predicted molar refractivity (Wildman–Crippen MR) is 105 cm³/mol. The van der Waals surface area contributed by atoms with E-state index in [1.54, 1.807) is 18.2 Å². The number of aromatic nitrogens is 2. The summed E-state index contributed by atoms with van der Waals surface area (Å²) in [6.45, 7) is 4.14. The second kappa shape index (κ2) is 6.78. The molecular weight excluding hydrogens is 356 g/mol. The Morgan fingerprint density at radius 2 is 2.00 bits per heavy atom. The molecule has 142 valence electrons. The van der Waals surface area contributed by atoms with E-state index in [-0.39, 0.29) is 17.3 Å². The highest BCUT2D eigenvalue weighted by atomic mass is 16.5. The Labute approximate surface area is 161 Å². The Hall–Kier alpha value is -3.16. The lowest BCUT2D eigenvalue weighted by molar-refractivity contribution is 0.101. The molecule has 0 radical (unpaired) electrons. The molecule has 0 aliphatic carbocycles. The lowest BCUT2D eigenvalue weighted by atomic mass is 10.0. The van der Waals surface area contributed by atoms with Gasteiger partial charge >= 0.3 is 0 Å². The SMILES string of the molecule is O=C1C(=Cc2n[nH]c3ccccc23)Oc2c1ccc(O)c2CN1CCNCC1. The molecule has 1 saturated heterocycles. The molecule has 0 atom stereocenters. The van der Waals surface area contributed by atoms with Gasteiger partial charge in [0.05, 0.1) is 22.3 Å². The maximum atomic E-state index is 12.9. The Kier molecular flexibility index (Phi) is 4.11. The molecule has 2 aliphatic heterocycles. The van der Waals surface area contributed by atoms with Crippen LogP contribution < -0.4 is 10.1 Å². The summed E-state index contributed by atoms with van der Waals surface area (Å²) in [4.78, 5) is 15.1. The van der Waals surface area contributed by atoms with Crippen molar-refractivity contribution in [1.29, 1.82) is 0 Å². The number of ketones is 1. The fourth-order valence-corrected chi connectivity index (χ4v) is 3.76. The molecule has 1 aromatic heterocycles. The van der Waals surface area contributed by atoms with Crippen molar-refractivity contribution in [2.75, 3.05) is 26.2 Å². The van der Waals surface area contributed by atoms with Gasteiger partial charge in [-0.25, -0.2) is 0 Å². The maximum Gasteiger partial charge on any atom is 0.232 e. The van der Waals surface area contributed by atoms with E-state index in [1.807, 2.05) is 24.3 Å². The van der Waals surface area contributed by atoms with E-state index in [0.717, 1.165) is 37.1 Å². The molecule has 1 fully saturated rings. The summed E-state index contributed by atoms with van der Waals surface area (Å²) in [5.74, 6) is 0.634. The molecule has 3 heterocycles. The van der Waals surface area contributed by atoms with Crippen LogP contribution in [0.5, 0.6) is 11.5 Å². The number of piperazine rings is 1. The van der Waals surface area contributed by atoms with Crippen LogP contribution in [0.15, 0.2) is 42.2 Å². The van der Waals surface area contributed by atoms with E-state index in [0.29, 0.717) is 29.1 Å². The molecule has 0 spiro atoms. The lowest BCUT2D eigenvalue weighted by Gasteiger charge is -2.27. The van der Waals surface area contributed by atoms with Crippen LogP contribution in [-0.2, 0) is 6.54 Å². The van der Waals surface area contributed by atoms with Gasteiger partial charge in [0.1, 0.15) is 11.5 Å². The van der Waals surface area contributed by atoms with Crippen molar-refractivity contribution in [2.45, 2.75) is 6.54 Å². The van der Waals surface area contributed by atoms with Crippen molar-refractivity contribution >= 4 is 22.8 Å². The number of hydrogen-bond acceptors (Lipinski definition) is 6. The first-order valence-electron chi connectivity index (χ1n) is 9.36. The van der Waals surface area contributed by atoms with E-state index < -0.39 is 0 Å². The highest BCUT2D eigenvalue weighted by Crippen LogP contribution is 2.40. The van der Waals surface area contributed by atoms with Gasteiger partial charge in [0, 0.05) is 44.2 Å². The number of nitrogens with one attached hydrogen (secondary N) is 2. The minimum Gasteiger partial charge on any atom is -0.507 e. The van der Waals surface area contributed by atoms with Crippen LogP contribution in [0, 0.1) is 0 Å². The van der Waals surface area contributed by atoms with Crippen LogP contribution in [-0.4, -0.2) is 52.2 Å². The molecule has 3 N–H and O–H groups in total. The molecule has 2 aliphatic rings. The number of aromatic amines is 1. The molecule has 0 amide bonds. The van der Waals surface area contributed by atoms with Crippen molar-refractivity contribution in [3.8, 4) is 11.5 Å².